The van der Waals surface area contributed by atoms with Crippen molar-refractivity contribution in [2.45, 2.75) is 58.3 Å². The van der Waals surface area contributed by atoms with E-state index in [1.54, 1.807) is 12.1 Å². The number of oxazole rings is 1. The lowest BCUT2D eigenvalue weighted by molar-refractivity contribution is -0.0575. The molecule has 7 rings (SSSR count). The van der Waals surface area contributed by atoms with Gasteiger partial charge < -0.3 is 14.8 Å². The van der Waals surface area contributed by atoms with Crippen LogP contribution in [0.1, 0.15) is 77.1 Å². The van der Waals surface area contributed by atoms with Crippen molar-refractivity contribution in [3.63, 3.8) is 0 Å². The van der Waals surface area contributed by atoms with E-state index in [2.05, 4.69) is 10.3 Å². The summed E-state index contributed by atoms with van der Waals surface area (Å²) in [7, 11) is 0. The molecule has 6 heteroatoms. The summed E-state index contributed by atoms with van der Waals surface area (Å²) in [5, 5.41) is 12.1. The molecule has 4 fully saturated rings. The number of aryl methyl sites for hydroxylation is 2. The van der Waals surface area contributed by atoms with Gasteiger partial charge in [0.2, 0.25) is 5.89 Å². The minimum Gasteiger partial charge on any atom is -0.478 e. The number of aromatic carboxylic acids is 1. The SMILES string of the molecule is Cc1ccccc1-c1nc(C(=O)Nc2cccc(C(=O)O)c2)c(CCC23CC4CC(CC(C4)C2)C3)o1. The minimum atomic E-state index is -1.04. The predicted octanol–water partition coefficient (Wildman–Crippen LogP) is 6.75. The zero-order valence-electron chi connectivity index (χ0n) is 20.6. The van der Waals surface area contributed by atoms with Gasteiger partial charge in [-0.05, 0) is 105 Å². The third-order valence-electron chi connectivity index (χ3n) is 8.70. The molecular formula is C30H32N2O4. The number of benzene rings is 2. The van der Waals surface area contributed by atoms with Crippen molar-refractivity contribution in [1.82, 2.24) is 4.98 Å². The van der Waals surface area contributed by atoms with Crippen molar-refractivity contribution in [2.75, 3.05) is 5.32 Å². The Morgan fingerprint density at radius 1 is 1.03 bits per heavy atom. The number of aromatic nitrogens is 1. The number of carboxylic acids is 1. The lowest BCUT2D eigenvalue weighted by atomic mass is 9.48. The molecule has 1 heterocycles. The van der Waals surface area contributed by atoms with Crippen molar-refractivity contribution in [3.05, 3.63) is 71.1 Å². The Morgan fingerprint density at radius 2 is 1.72 bits per heavy atom. The molecule has 3 aromatic rings. The van der Waals surface area contributed by atoms with Crippen LogP contribution in [-0.2, 0) is 6.42 Å². The molecule has 0 saturated heterocycles. The van der Waals surface area contributed by atoms with Crippen LogP contribution in [0.3, 0.4) is 0 Å². The Kier molecular flexibility index (Phi) is 5.70. The first-order valence-electron chi connectivity index (χ1n) is 13.1. The fraction of sp³-hybridized carbons (Fsp3) is 0.433. The molecule has 1 amide bonds. The van der Waals surface area contributed by atoms with E-state index in [0.29, 0.717) is 34.9 Å². The van der Waals surface area contributed by atoms with Gasteiger partial charge in [0.05, 0.1) is 5.56 Å². The van der Waals surface area contributed by atoms with Gasteiger partial charge in [-0.1, -0.05) is 24.3 Å². The van der Waals surface area contributed by atoms with Gasteiger partial charge in [-0.2, -0.15) is 0 Å². The highest BCUT2D eigenvalue weighted by Crippen LogP contribution is 2.61. The largest absolute Gasteiger partial charge is 0.478 e. The van der Waals surface area contributed by atoms with Crippen molar-refractivity contribution in [2.24, 2.45) is 23.2 Å². The van der Waals surface area contributed by atoms with Crippen LogP contribution >= 0.6 is 0 Å². The highest BCUT2D eigenvalue weighted by atomic mass is 16.4. The first-order valence-corrected chi connectivity index (χ1v) is 13.1. The highest BCUT2D eigenvalue weighted by molar-refractivity contribution is 6.04. The quantitative estimate of drug-likeness (QED) is 0.387. The molecule has 0 radical (unpaired) electrons. The zero-order chi connectivity index (χ0) is 24.9. The summed E-state index contributed by atoms with van der Waals surface area (Å²) in [6.45, 7) is 2.01. The van der Waals surface area contributed by atoms with Crippen LogP contribution in [0.15, 0.2) is 52.9 Å². The van der Waals surface area contributed by atoms with E-state index in [0.717, 1.165) is 35.3 Å². The Labute approximate surface area is 211 Å². The van der Waals surface area contributed by atoms with Crippen LogP contribution in [-0.4, -0.2) is 22.0 Å². The molecule has 2 N–H and O–H groups in total. The normalized spacial score (nSPS) is 26.2. The van der Waals surface area contributed by atoms with E-state index in [-0.39, 0.29) is 11.5 Å². The van der Waals surface area contributed by atoms with Gasteiger partial charge in [-0.15, -0.1) is 0 Å². The summed E-state index contributed by atoms with van der Waals surface area (Å²) in [5.41, 5.74) is 3.11. The molecule has 0 atom stereocenters. The Morgan fingerprint density at radius 3 is 2.39 bits per heavy atom. The zero-order valence-corrected chi connectivity index (χ0v) is 20.6. The molecule has 6 nitrogen and oxygen atoms in total. The number of anilines is 1. The minimum absolute atomic E-state index is 0.121. The van der Waals surface area contributed by atoms with Crippen LogP contribution in [0, 0.1) is 30.1 Å². The van der Waals surface area contributed by atoms with Gasteiger partial charge in [0, 0.05) is 17.7 Å². The van der Waals surface area contributed by atoms with E-state index in [9.17, 15) is 14.7 Å². The summed E-state index contributed by atoms with van der Waals surface area (Å²) >= 11 is 0. The second kappa shape index (κ2) is 8.91. The fourth-order valence-electron chi connectivity index (χ4n) is 7.52. The second-order valence-corrected chi connectivity index (χ2v) is 11.4. The van der Waals surface area contributed by atoms with E-state index >= 15 is 0 Å². The smallest absolute Gasteiger partial charge is 0.335 e. The number of carboxylic acid groups (broad SMARTS) is 1. The summed E-state index contributed by atoms with van der Waals surface area (Å²) < 4.78 is 6.30. The van der Waals surface area contributed by atoms with E-state index in [1.165, 1.54) is 50.7 Å². The number of nitrogens with zero attached hydrogens (tertiary/aromatic N) is 1. The molecule has 36 heavy (non-hydrogen) atoms. The van der Waals surface area contributed by atoms with E-state index in [4.69, 9.17) is 4.42 Å². The maximum absolute atomic E-state index is 13.4. The van der Waals surface area contributed by atoms with Gasteiger partial charge >= 0.3 is 5.97 Å². The second-order valence-electron chi connectivity index (χ2n) is 11.4. The predicted molar refractivity (Wildman–Crippen MR) is 137 cm³/mol. The highest BCUT2D eigenvalue weighted by Gasteiger charge is 2.50. The van der Waals surface area contributed by atoms with Crippen LogP contribution in [0.5, 0.6) is 0 Å². The van der Waals surface area contributed by atoms with Crippen molar-refractivity contribution in [3.8, 4) is 11.5 Å². The van der Waals surface area contributed by atoms with Crippen molar-refractivity contribution < 1.29 is 19.1 Å². The summed E-state index contributed by atoms with van der Waals surface area (Å²) in [5.74, 6) is 2.29. The number of amides is 1. The van der Waals surface area contributed by atoms with Gasteiger partial charge in [0.25, 0.3) is 5.91 Å². The molecule has 0 aliphatic heterocycles. The lowest BCUT2D eigenvalue weighted by Gasteiger charge is -2.57. The number of hydrogen-bond donors (Lipinski definition) is 2. The van der Waals surface area contributed by atoms with Crippen molar-refractivity contribution >= 4 is 17.6 Å². The average Bonchev–Trinajstić information content (AvgIpc) is 3.27. The number of rotatable bonds is 7. The Balaban J connectivity index is 1.29. The summed E-state index contributed by atoms with van der Waals surface area (Å²) in [6.07, 6.45) is 9.84. The number of nitrogens with one attached hydrogen (secondary N) is 1. The number of carbonyl (C=O) groups is 2. The molecule has 0 unspecified atom stereocenters. The van der Waals surface area contributed by atoms with Crippen LogP contribution in [0.25, 0.3) is 11.5 Å². The molecule has 4 aliphatic carbocycles. The number of carbonyl (C=O) groups excluding carboxylic acids is 1. The standard InChI is InChI=1S/C30H32N2O4/c1-18-5-2-3-8-24(18)28-32-26(27(33)31-23-7-4-6-22(14-23)29(34)35)25(36-28)9-10-30-15-19-11-20(16-30)13-21(12-19)17-30/h2-8,14,19-21H,9-13,15-17H2,1H3,(H,31,33)(H,34,35). The van der Waals surface area contributed by atoms with Crippen LogP contribution < -0.4 is 5.32 Å². The van der Waals surface area contributed by atoms with Gasteiger partial charge in [-0.3, -0.25) is 4.79 Å². The van der Waals surface area contributed by atoms with Gasteiger partial charge in [0.15, 0.2) is 5.69 Å². The molecule has 4 saturated carbocycles. The lowest BCUT2D eigenvalue weighted by Crippen LogP contribution is -2.46. The molecule has 1 aromatic heterocycles. The molecule has 4 bridgehead atoms. The van der Waals surface area contributed by atoms with E-state index < -0.39 is 5.97 Å². The summed E-state index contributed by atoms with van der Waals surface area (Å²) in [4.78, 5) is 29.4. The van der Waals surface area contributed by atoms with E-state index in [1.807, 2.05) is 31.2 Å². The average molecular weight is 485 g/mol. The summed E-state index contributed by atoms with van der Waals surface area (Å²) in [6, 6.07) is 14.1. The third-order valence-corrected chi connectivity index (χ3v) is 8.70. The molecule has 2 aromatic carbocycles. The van der Waals surface area contributed by atoms with Gasteiger partial charge in [-0.25, -0.2) is 9.78 Å². The maximum atomic E-state index is 13.4. The van der Waals surface area contributed by atoms with Crippen LogP contribution in [0.2, 0.25) is 0 Å². The Hall–Kier alpha value is -3.41. The van der Waals surface area contributed by atoms with Crippen molar-refractivity contribution in [1.29, 1.82) is 0 Å². The number of hydrogen-bond acceptors (Lipinski definition) is 4. The monoisotopic (exact) mass is 484 g/mol. The molecule has 4 aliphatic rings. The topological polar surface area (TPSA) is 92.4 Å². The maximum Gasteiger partial charge on any atom is 0.335 e. The van der Waals surface area contributed by atoms with Crippen LogP contribution in [0.4, 0.5) is 5.69 Å². The fourth-order valence-corrected chi connectivity index (χ4v) is 7.52. The molecular weight excluding hydrogens is 452 g/mol. The van der Waals surface area contributed by atoms with Gasteiger partial charge in [0.1, 0.15) is 5.76 Å². The molecule has 186 valence electrons. The first kappa shape index (κ1) is 23.0. The first-order chi connectivity index (χ1) is 17.4. The Bertz CT molecular complexity index is 1290. The third kappa shape index (κ3) is 4.34. The molecule has 0 spiro atoms.